The third-order valence-corrected chi connectivity index (χ3v) is 5.95. The first-order valence-corrected chi connectivity index (χ1v) is 10.4. The van der Waals surface area contributed by atoms with E-state index in [2.05, 4.69) is 12.1 Å². The van der Waals surface area contributed by atoms with Gasteiger partial charge in [0.2, 0.25) is 0 Å². The zero-order valence-corrected chi connectivity index (χ0v) is 15.8. The number of carbonyl (C=O) groups is 1. The Morgan fingerprint density at radius 1 is 1.00 bits per heavy atom. The SMILES string of the molecule is CC(OP(=O)(CCCCc1ccccc1)OCc1ccccc1)C(=O)O. The second kappa shape index (κ2) is 10.3. The van der Waals surface area contributed by atoms with Crippen LogP contribution in [0.4, 0.5) is 0 Å². The molecule has 0 radical (unpaired) electrons. The van der Waals surface area contributed by atoms with Crippen LogP contribution < -0.4 is 0 Å². The maximum atomic E-state index is 13.0. The maximum Gasteiger partial charge on any atom is 0.333 e. The Kier molecular flexibility index (Phi) is 8.05. The number of aryl methyl sites for hydroxylation is 1. The predicted octanol–water partition coefficient (Wildman–Crippen LogP) is 4.91. The Morgan fingerprint density at radius 3 is 2.15 bits per heavy atom. The second-order valence-electron chi connectivity index (χ2n) is 6.12. The number of hydrogen-bond donors (Lipinski definition) is 1. The van der Waals surface area contributed by atoms with Crippen LogP contribution in [0, 0.1) is 0 Å². The van der Waals surface area contributed by atoms with E-state index in [1.165, 1.54) is 12.5 Å². The standard InChI is InChI=1S/C20H25O5P/c1-17(20(21)22)25-26(23,24-16-19-13-6-3-7-14-19)15-9-8-12-18-10-4-2-5-11-18/h2-7,10-11,13-14,17H,8-9,12,15-16H2,1H3,(H,21,22). The van der Waals surface area contributed by atoms with Gasteiger partial charge in [-0.05, 0) is 37.3 Å². The zero-order chi connectivity index (χ0) is 18.8. The van der Waals surface area contributed by atoms with Crippen molar-refractivity contribution in [3.05, 3.63) is 71.8 Å². The molecular weight excluding hydrogens is 351 g/mol. The molecule has 0 heterocycles. The monoisotopic (exact) mass is 376 g/mol. The van der Waals surface area contributed by atoms with Crippen LogP contribution in [0.3, 0.4) is 0 Å². The molecule has 0 saturated heterocycles. The Bertz CT molecular complexity index is 717. The number of unbranched alkanes of at least 4 members (excludes halogenated alkanes) is 1. The van der Waals surface area contributed by atoms with E-state index in [9.17, 15) is 9.36 Å². The minimum Gasteiger partial charge on any atom is -0.479 e. The highest BCUT2D eigenvalue weighted by Crippen LogP contribution is 2.51. The number of carboxylic acids is 1. The highest BCUT2D eigenvalue weighted by atomic mass is 31.2. The molecule has 2 atom stereocenters. The fourth-order valence-corrected chi connectivity index (χ4v) is 4.28. The van der Waals surface area contributed by atoms with E-state index in [4.69, 9.17) is 14.2 Å². The summed E-state index contributed by atoms with van der Waals surface area (Å²) in [5, 5.41) is 9.05. The van der Waals surface area contributed by atoms with E-state index in [-0.39, 0.29) is 12.8 Å². The Balaban J connectivity index is 1.91. The summed E-state index contributed by atoms with van der Waals surface area (Å²) in [6.45, 7) is 1.49. The number of aliphatic carboxylic acids is 1. The topological polar surface area (TPSA) is 72.8 Å². The highest BCUT2D eigenvalue weighted by molar-refractivity contribution is 7.53. The molecule has 5 nitrogen and oxygen atoms in total. The maximum absolute atomic E-state index is 13.0. The van der Waals surface area contributed by atoms with Crippen molar-refractivity contribution in [3.63, 3.8) is 0 Å². The Morgan fingerprint density at radius 2 is 1.58 bits per heavy atom. The molecular formula is C20H25O5P. The summed E-state index contributed by atoms with van der Waals surface area (Å²) >= 11 is 0. The zero-order valence-electron chi connectivity index (χ0n) is 14.9. The molecule has 2 aromatic carbocycles. The molecule has 26 heavy (non-hydrogen) atoms. The quantitative estimate of drug-likeness (QED) is 0.446. The molecule has 2 rings (SSSR count). The van der Waals surface area contributed by atoms with Gasteiger partial charge < -0.3 is 9.63 Å². The average molecular weight is 376 g/mol. The first-order chi connectivity index (χ1) is 12.5. The van der Waals surface area contributed by atoms with Crippen LogP contribution in [-0.4, -0.2) is 23.3 Å². The molecule has 0 aliphatic carbocycles. The third kappa shape index (κ3) is 7.12. The largest absolute Gasteiger partial charge is 0.479 e. The summed E-state index contributed by atoms with van der Waals surface area (Å²) in [5.41, 5.74) is 2.08. The molecule has 0 saturated carbocycles. The van der Waals surface area contributed by atoms with Gasteiger partial charge in [0.05, 0.1) is 12.8 Å². The van der Waals surface area contributed by atoms with Gasteiger partial charge in [0.1, 0.15) is 0 Å². The van der Waals surface area contributed by atoms with E-state index in [1.54, 1.807) is 0 Å². The predicted molar refractivity (Wildman–Crippen MR) is 101 cm³/mol. The van der Waals surface area contributed by atoms with Gasteiger partial charge in [-0.1, -0.05) is 60.7 Å². The minimum absolute atomic E-state index is 0.128. The first kappa shape index (κ1) is 20.4. The van der Waals surface area contributed by atoms with Crippen LogP contribution in [0.25, 0.3) is 0 Å². The normalized spacial score (nSPS) is 14.5. The molecule has 0 bridgehead atoms. The summed E-state index contributed by atoms with van der Waals surface area (Å²) in [5.74, 6) is -1.15. The third-order valence-electron chi connectivity index (χ3n) is 3.93. The summed E-state index contributed by atoms with van der Waals surface area (Å²) < 4.78 is 23.9. The number of carboxylic acid groups (broad SMARTS) is 1. The van der Waals surface area contributed by atoms with Gasteiger partial charge >= 0.3 is 13.6 Å². The Hall–Kier alpha value is -1.94. The first-order valence-electron chi connectivity index (χ1n) is 8.71. The van der Waals surface area contributed by atoms with Crippen molar-refractivity contribution in [1.29, 1.82) is 0 Å². The van der Waals surface area contributed by atoms with Crippen LogP contribution in [0.5, 0.6) is 0 Å². The van der Waals surface area contributed by atoms with E-state index in [1.807, 2.05) is 48.5 Å². The summed E-state index contributed by atoms with van der Waals surface area (Å²) in [6, 6.07) is 19.4. The van der Waals surface area contributed by atoms with Crippen molar-refractivity contribution >= 4 is 13.6 Å². The van der Waals surface area contributed by atoms with Crippen LogP contribution in [-0.2, 0) is 31.4 Å². The molecule has 6 heteroatoms. The lowest BCUT2D eigenvalue weighted by atomic mass is 10.1. The molecule has 1 N–H and O–H groups in total. The van der Waals surface area contributed by atoms with Crippen molar-refractivity contribution in [2.75, 3.05) is 6.16 Å². The van der Waals surface area contributed by atoms with Crippen LogP contribution in [0.1, 0.15) is 30.9 Å². The fraction of sp³-hybridized carbons (Fsp3) is 0.350. The lowest BCUT2D eigenvalue weighted by Crippen LogP contribution is -2.20. The van der Waals surface area contributed by atoms with Crippen molar-refractivity contribution in [2.24, 2.45) is 0 Å². The van der Waals surface area contributed by atoms with Gasteiger partial charge in [-0.3, -0.25) is 9.09 Å². The smallest absolute Gasteiger partial charge is 0.333 e. The van der Waals surface area contributed by atoms with Crippen molar-refractivity contribution in [2.45, 2.75) is 38.9 Å². The van der Waals surface area contributed by atoms with Crippen LogP contribution >= 0.6 is 7.60 Å². The van der Waals surface area contributed by atoms with Crippen molar-refractivity contribution < 1.29 is 23.5 Å². The van der Waals surface area contributed by atoms with E-state index >= 15 is 0 Å². The molecule has 2 aromatic rings. The molecule has 2 unspecified atom stereocenters. The van der Waals surface area contributed by atoms with Gasteiger partial charge in [-0.2, -0.15) is 0 Å². The summed E-state index contributed by atoms with van der Waals surface area (Å²) in [7, 11) is -3.50. The number of rotatable bonds is 11. The summed E-state index contributed by atoms with van der Waals surface area (Å²) in [4.78, 5) is 11.1. The summed E-state index contributed by atoms with van der Waals surface area (Å²) in [6.07, 6.45) is 1.35. The van der Waals surface area contributed by atoms with Gasteiger partial charge in [0.15, 0.2) is 6.10 Å². The number of benzene rings is 2. The number of hydrogen-bond acceptors (Lipinski definition) is 4. The van der Waals surface area contributed by atoms with Gasteiger partial charge in [0.25, 0.3) is 0 Å². The van der Waals surface area contributed by atoms with Crippen LogP contribution in [0.2, 0.25) is 0 Å². The Labute approximate surface area is 154 Å². The highest BCUT2D eigenvalue weighted by Gasteiger charge is 2.29. The molecule has 0 aliphatic heterocycles. The average Bonchev–Trinajstić information content (AvgIpc) is 2.65. The molecule has 0 aliphatic rings. The molecule has 0 aromatic heterocycles. The van der Waals surface area contributed by atoms with Crippen LogP contribution in [0.15, 0.2) is 60.7 Å². The molecule has 0 fully saturated rings. The lowest BCUT2D eigenvalue weighted by molar-refractivity contribution is -0.144. The lowest BCUT2D eigenvalue weighted by Gasteiger charge is -2.21. The molecule has 0 amide bonds. The van der Waals surface area contributed by atoms with E-state index < -0.39 is 19.7 Å². The fourth-order valence-electron chi connectivity index (χ4n) is 2.46. The molecule has 0 spiro atoms. The molecule has 140 valence electrons. The van der Waals surface area contributed by atoms with Crippen molar-refractivity contribution in [1.82, 2.24) is 0 Å². The van der Waals surface area contributed by atoms with Gasteiger partial charge in [-0.15, -0.1) is 0 Å². The minimum atomic E-state index is -3.50. The van der Waals surface area contributed by atoms with Gasteiger partial charge in [0, 0.05) is 0 Å². The van der Waals surface area contributed by atoms with E-state index in [0.29, 0.717) is 6.42 Å². The van der Waals surface area contributed by atoms with Crippen molar-refractivity contribution in [3.8, 4) is 0 Å². The van der Waals surface area contributed by atoms with Gasteiger partial charge in [-0.25, -0.2) is 4.79 Å². The van der Waals surface area contributed by atoms with E-state index in [0.717, 1.165) is 18.4 Å². The second-order valence-corrected chi connectivity index (χ2v) is 8.26.